The molecule has 1 aliphatic carbocycles. The van der Waals surface area contributed by atoms with E-state index in [1.54, 1.807) is 6.20 Å². The predicted octanol–water partition coefficient (Wildman–Crippen LogP) is 4.19. The first-order valence-electron chi connectivity index (χ1n) is 10.1. The minimum atomic E-state index is 0. The Morgan fingerprint density at radius 2 is 1.83 bits per heavy atom. The quantitative estimate of drug-likeness (QED) is 0.613. The lowest BCUT2D eigenvalue weighted by Crippen LogP contribution is -2.51. The van der Waals surface area contributed by atoms with Crippen LogP contribution in [0.15, 0.2) is 36.7 Å². The predicted molar refractivity (Wildman–Crippen MR) is 115 cm³/mol. The second-order valence-electron chi connectivity index (χ2n) is 8.39. The van der Waals surface area contributed by atoms with Crippen molar-refractivity contribution in [2.75, 3.05) is 19.6 Å². The van der Waals surface area contributed by atoms with Crippen LogP contribution in [-0.4, -0.2) is 45.1 Å². The summed E-state index contributed by atoms with van der Waals surface area (Å²) in [6.07, 6.45) is 6.75. The molecule has 150 valence electrons. The van der Waals surface area contributed by atoms with E-state index >= 15 is 0 Å². The Morgan fingerprint density at radius 1 is 1.07 bits per heavy atom. The molecule has 2 atom stereocenters. The van der Waals surface area contributed by atoms with Crippen molar-refractivity contribution < 1.29 is 4.79 Å². The van der Waals surface area contributed by atoms with Crippen LogP contribution in [0.5, 0.6) is 0 Å². The number of ketones is 1. The number of aromatic nitrogens is 3. The van der Waals surface area contributed by atoms with E-state index in [0.29, 0.717) is 16.9 Å². The van der Waals surface area contributed by atoms with Crippen molar-refractivity contribution in [3.05, 3.63) is 52.9 Å². The zero-order chi connectivity index (χ0) is 18.8. The Labute approximate surface area is 180 Å². The number of benzene rings is 1. The molecule has 5 heterocycles. The molecule has 3 fully saturated rings. The molecule has 1 aromatic carbocycles. The van der Waals surface area contributed by atoms with Crippen LogP contribution in [0.2, 0.25) is 5.02 Å². The van der Waals surface area contributed by atoms with Crippen LogP contribution in [0.4, 0.5) is 0 Å². The van der Waals surface area contributed by atoms with Crippen LogP contribution in [-0.2, 0) is 6.42 Å². The maximum atomic E-state index is 13.5. The zero-order valence-electron chi connectivity index (χ0n) is 15.9. The Bertz CT molecular complexity index is 1090. The number of halogens is 2. The number of pyridine rings is 1. The molecule has 7 rings (SSSR count). The van der Waals surface area contributed by atoms with Gasteiger partial charge in [-0.1, -0.05) is 11.6 Å². The van der Waals surface area contributed by atoms with E-state index in [0.717, 1.165) is 40.8 Å². The van der Waals surface area contributed by atoms with Gasteiger partial charge in [0.05, 0.1) is 23.1 Å². The summed E-state index contributed by atoms with van der Waals surface area (Å²) >= 11 is 6.05. The summed E-state index contributed by atoms with van der Waals surface area (Å²) in [5.74, 6) is 1.41. The summed E-state index contributed by atoms with van der Waals surface area (Å²) in [5, 5.41) is 6.60. The van der Waals surface area contributed by atoms with Crippen molar-refractivity contribution in [3.8, 4) is 5.69 Å². The number of nitrogens with zero attached hydrogens (tertiary/aromatic N) is 4. The van der Waals surface area contributed by atoms with Gasteiger partial charge in [0, 0.05) is 41.1 Å². The minimum absolute atomic E-state index is 0. The fourth-order valence-corrected chi connectivity index (χ4v) is 5.69. The highest BCUT2D eigenvalue weighted by molar-refractivity contribution is 6.30. The number of rotatable bonds is 2. The molecule has 5 nitrogen and oxygen atoms in total. The Balaban J connectivity index is 0.00000181. The van der Waals surface area contributed by atoms with E-state index in [4.69, 9.17) is 16.7 Å². The Kier molecular flexibility index (Phi) is 4.65. The third kappa shape index (κ3) is 2.90. The van der Waals surface area contributed by atoms with Crippen molar-refractivity contribution in [2.45, 2.75) is 19.3 Å². The number of piperidine rings is 3. The topological polar surface area (TPSA) is 51.0 Å². The summed E-state index contributed by atoms with van der Waals surface area (Å²) in [6, 6.07) is 7.63. The fraction of sp³-hybridized carbons (Fsp3) is 0.409. The first kappa shape index (κ1) is 19.0. The molecule has 0 radical (unpaired) electrons. The minimum Gasteiger partial charge on any atom is -0.303 e. The lowest BCUT2D eigenvalue weighted by atomic mass is 9.67. The van der Waals surface area contributed by atoms with Crippen LogP contribution in [0.3, 0.4) is 0 Å². The van der Waals surface area contributed by atoms with E-state index in [-0.39, 0.29) is 24.1 Å². The molecular weight excluding hydrogens is 407 g/mol. The summed E-state index contributed by atoms with van der Waals surface area (Å²) in [6.45, 7) is 3.43. The van der Waals surface area contributed by atoms with Gasteiger partial charge in [-0.25, -0.2) is 4.68 Å². The van der Waals surface area contributed by atoms with Gasteiger partial charge >= 0.3 is 0 Å². The van der Waals surface area contributed by atoms with E-state index in [9.17, 15) is 4.79 Å². The standard InChI is InChI=1S/C22H21ClN4O.ClH/c23-14-1-3-15(4-2-14)27-20-11-24-10-17-21(20)19(25-27)9-16(22(17)28)18-12-26-7-5-13(18)6-8-26;/h1-4,10-11,13,16,18H,5-9,12H2;1H/t16-,18?;/m1./s1. The van der Waals surface area contributed by atoms with Gasteiger partial charge in [0.2, 0.25) is 0 Å². The molecule has 3 saturated heterocycles. The van der Waals surface area contributed by atoms with Crippen molar-refractivity contribution in [1.82, 2.24) is 19.7 Å². The molecule has 4 aliphatic rings. The molecular formula is C22H22Cl2N4O. The number of fused-ring (bicyclic) bond motifs is 3. The lowest BCUT2D eigenvalue weighted by molar-refractivity contribution is 0.0192. The van der Waals surface area contributed by atoms with Crippen LogP contribution in [0, 0.1) is 17.8 Å². The van der Waals surface area contributed by atoms with Crippen molar-refractivity contribution in [1.29, 1.82) is 0 Å². The van der Waals surface area contributed by atoms with E-state index in [1.165, 1.54) is 25.9 Å². The van der Waals surface area contributed by atoms with Crippen molar-refractivity contribution in [3.63, 3.8) is 0 Å². The highest BCUT2D eigenvalue weighted by Crippen LogP contribution is 2.42. The van der Waals surface area contributed by atoms with E-state index < -0.39 is 0 Å². The molecule has 0 amide bonds. The number of carbonyl (C=O) groups excluding carboxylic acids is 1. The molecule has 3 aliphatic heterocycles. The number of carbonyl (C=O) groups is 1. The lowest BCUT2D eigenvalue weighted by Gasteiger charge is -2.47. The van der Waals surface area contributed by atoms with Gasteiger partial charge in [-0.05, 0) is 62.0 Å². The first-order valence-corrected chi connectivity index (χ1v) is 10.4. The fourth-order valence-electron chi connectivity index (χ4n) is 5.56. The van der Waals surface area contributed by atoms with Gasteiger partial charge in [0.1, 0.15) is 0 Å². The van der Waals surface area contributed by atoms with Gasteiger partial charge in [0.15, 0.2) is 5.78 Å². The Hall–Kier alpha value is -1.95. The molecule has 3 aromatic rings. The zero-order valence-corrected chi connectivity index (χ0v) is 17.5. The van der Waals surface area contributed by atoms with Gasteiger partial charge in [-0.2, -0.15) is 5.10 Å². The van der Waals surface area contributed by atoms with Gasteiger partial charge < -0.3 is 4.90 Å². The summed E-state index contributed by atoms with van der Waals surface area (Å²) in [4.78, 5) is 20.4. The summed E-state index contributed by atoms with van der Waals surface area (Å²) in [5.41, 5.74) is 3.62. The number of Topliss-reactive ketones (excluding diaryl/α,β-unsaturated/α-hetero) is 1. The monoisotopic (exact) mass is 428 g/mol. The van der Waals surface area contributed by atoms with Crippen molar-refractivity contribution >= 4 is 40.7 Å². The second-order valence-corrected chi connectivity index (χ2v) is 8.83. The second kappa shape index (κ2) is 7.08. The van der Waals surface area contributed by atoms with E-state index in [1.807, 2.05) is 35.1 Å². The average Bonchev–Trinajstić information content (AvgIpc) is 3.11. The van der Waals surface area contributed by atoms with Gasteiger partial charge in [-0.15, -0.1) is 12.4 Å². The largest absolute Gasteiger partial charge is 0.303 e. The normalized spacial score (nSPS) is 27.8. The third-order valence-electron chi connectivity index (χ3n) is 6.97. The smallest absolute Gasteiger partial charge is 0.168 e. The maximum Gasteiger partial charge on any atom is 0.168 e. The molecule has 29 heavy (non-hydrogen) atoms. The van der Waals surface area contributed by atoms with Crippen LogP contribution in [0.25, 0.3) is 16.6 Å². The highest BCUT2D eigenvalue weighted by atomic mass is 35.5. The summed E-state index contributed by atoms with van der Waals surface area (Å²) < 4.78 is 1.91. The molecule has 7 heteroatoms. The van der Waals surface area contributed by atoms with E-state index in [2.05, 4.69) is 9.88 Å². The number of hydrogen-bond acceptors (Lipinski definition) is 4. The first-order chi connectivity index (χ1) is 13.7. The SMILES string of the molecule is Cl.O=C1c2cncc3c2c(nn3-c2ccc(Cl)cc2)C[C@@H]1C1CN2CCC1CC2. The molecule has 1 unspecified atom stereocenters. The molecule has 2 aromatic heterocycles. The average molecular weight is 429 g/mol. The van der Waals surface area contributed by atoms with Crippen LogP contribution < -0.4 is 0 Å². The van der Waals surface area contributed by atoms with Crippen LogP contribution in [0.1, 0.15) is 28.9 Å². The van der Waals surface area contributed by atoms with Gasteiger partial charge in [0.25, 0.3) is 0 Å². The number of hydrogen-bond donors (Lipinski definition) is 0. The maximum absolute atomic E-state index is 13.5. The van der Waals surface area contributed by atoms with Crippen molar-refractivity contribution in [2.24, 2.45) is 17.8 Å². The highest BCUT2D eigenvalue weighted by Gasteiger charge is 2.44. The summed E-state index contributed by atoms with van der Waals surface area (Å²) in [7, 11) is 0. The molecule has 2 bridgehead atoms. The molecule has 0 saturated carbocycles. The molecule has 0 spiro atoms. The van der Waals surface area contributed by atoms with Gasteiger partial charge in [-0.3, -0.25) is 9.78 Å². The Morgan fingerprint density at radius 3 is 2.52 bits per heavy atom. The molecule has 0 N–H and O–H groups in total. The third-order valence-corrected chi connectivity index (χ3v) is 7.23. The van der Waals surface area contributed by atoms with Crippen LogP contribution >= 0.6 is 24.0 Å².